The van der Waals surface area contributed by atoms with Gasteiger partial charge >= 0.3 is 0 Å². The fourth-order valence-electron chi connectivity index (χ4n) is 2.31. The summed E-state index contributed by atoms with van der Waals surface area (Å²) >= 11 is 0. The van der Waals surface area contributed by atoms with Gasteiger partial charge in [0.25, 0.3) is 0 Å². The summed E-state index contributed by atoms with van der Waals surface area (Å²) in [6, 6.07) is 5.11. The highest BCUT2D eigenvalue weighted by molar-refractivity contribution is 7.89. The third kappa shape index (κ3) is 3.77. The summed E-state index contributed by atoms with van der Waals surface area (Å²) in [7, 11) is -3.54. The lowest BCUT2D eigenvalue weighted by molar-refractivity contribution is 0.485. The van der Waals surface area contributed by atoms with Gasteiger partial charge in [0, 0.05) is 28.8 Å². The van der Waals surface area contributed by atoms with Crippen LogP contribution in [0.1, 0.15) is 33.6 Å². The Hall–Kier alpha value is -1.53. The Bertz CT molecular complexity index is 720. The van der Waals surface area contributed by atoms with Crippen LogP contribution in [0, 0.1) is 5.92 Å². The molecule has 0 aliphatic carbocycles. The topological polar surface area (TPSA) is 88.0 Å². The van der Waals surface area contributed by atoms with Gasteiger partial charge in [-0.05, 0) is 43.9 Å². The van der Waals surface area contributed by atoms with Crippen molar-refractivity contribution in [2.45, 2.75) is 44.6 Å². The number of sulfonamides is 1. The minimum atomic E-state index is -3.54. The van der Waals surface area contributed by atoms with Crippen LogP contribution in [0.15, 0.2) is 29.3 Å². The second-order valence-electron chi connectivity index (χ2n) is 5.95. The second-order valence-corrected chi connectivity index (χ2v) is 7.63. The summed E-state index contributed by atoms with van der Waals surface area (Å²) < 4.78 is 27.7. The van der Waals surface area contributed by atoms with Crippen LogP contribution >= 0.6 is 0 Å². The maximum Gasteiger partial charge on any atom is 0.242 e. The van der Waals surface area contributed by atoms with E-state index in [4.69, 9.17) is 5.73 Å². The van der Waals surface area contributed by atoms with Crippen LogP contribution < -0.4 is 10.5 Å². The van der Waals surface area contributed by atoms with Crippen molar-refractivity contribution in [2.75, 3.05) is 5.73 Å². The van der Waals surface area contributed by atoms with Crippen molar-refractivity contribution in [3.05, 3.63) is 24.4 Å². The number of hydrogen-bond acceptors (Lipinski definition) is 3. The molecule has 0 spiro atoms. The summed E-state index contributed by atoms with van der Waals surface area (Å²) in [5.41, 5.74) is 7.06. The Morgan fingerprint density at radius 3 is 2.62 bits per heavy atom. The van der Waals surface area contributed by atoms with Gasteiger partial charge in [0.2, 0.25) is 10.0 Å². The Kier molecular flexibility index (Phi) is 4.58. The molecule has 2 rings (SSSR count). The number of nitrogen functional groups attached to an aromatic ring is 1. The fourth-order valence-corrected chi connectivity index (χ4v) is 3.75. The first kappa shape index (κ1) is 15.9. The third-order valence-electron chi connectivity index (χ3n) is 3.49. The summed E-state index contributed by atoms with van der Waals surface area (Å²) in [5.74, 6) is 0.560. The number of H-pyrrole nitrogens is 1. The van der Waals surface area contributed by atoms with Gasteiger partial charge in [0.05, 0.1) is 0 Å². The highest BCUT2D eigenvalue weighted by Crippen LogP contribution is 2.25. The molecule has 0 bridgehead atoms. The number of aromatic amines is 1. The molecule has 0 amide bonds. The molecule has 2 aromatic rings. The van der Waals surface area contributed by atoms with E-state index in [2.05, 4.69) is 23.6 Å². The van der Waals surface area contributed by atoms with Crippen molar-refractivity contribution in [3.8, 4) is 0 Å². The van der Waals surface area contributed by atoms with Gasteiger partial charge in [0.1, 0.15) is 4.90 Å². The highest BCUT2D eigenvalue weighted by Gasteiger charge is 2.21. The smallest absolute Gasteiger partial charge is 0.242 e. The number of rotatable bonds is 6. The zero-order valence-corrected chi connectivity index (χ0v) is 13.5. The zero-order chi connectivity index (χ0) is 15.6. The first-order valence-corrected chi connectivity index (χ1v) is 8.67. The number of benzene rings is 1. The molecule has 1 aromatic heterocycles. The molecule has 0 aliphatic heterocycles. The lowest BCUT2D eigenvalue weighted by Gasteiger charge is -2.15. The van der Waals surface area contributed by atoms with Gasteiger partial charge in [-0.25, -0.2) is 13.1 Å². The van der Waals surface area contributed by atoms with E-state index in [9.17, 15) is 8.42 Å². The summed E-state index contributed by atoms with van der Waals surface area (Å²) in [5, 5.41) is 0.624. The average Bonchev–Trinajstić information content (AvgIpc) is 2.79. The molecule has 116 valence electrons. The Morgan fingerprint density at radius 2 is 1.95 bits per heavy atom. The molecule has 5 nitrogen and oxygen atoms in total. The molecular weight excluding hydrogens is 286 g/mol. The maximum absolute atomic E-state index is 12.5. The number of nitrogens with one attached hydrogen (secondary N) is 2. The molecule has 0 aliphatic rings. The lowest BCUT2D eigenvalue weighted by Crippen LogP contribution is -2.32. The summed E-state index contributed by atoms with van der Waals surface area (Å²) in [6.45, 7) is 6.15. The molecule has 6 heteroatoms. The standard InChI is InChI=1S/C15H23N3O2S/c1-10(2)4-5-11(3)18-21(19,20)15-9-17-14-7-6-12(16)8-13(14)15/h6-11,17-18H,4-5,16H2,1-3H3. The molecule has 0 saturated carbocycles. The molecule has 21 heavy (non-hydrogen) atoms. The first-order chi connectivity index (χ1) is 9.79. The van der Waals surface area contributed by atoms with Gasteiger partial charge < -0.3 is 10.7 Å². The number of fused-ring (bicyclic) bond motifs is 1. The van der Waals surface area contributed by atoms with Crippen molar-refractivity contribution in [3.63, 3.8) is 0 Å². The normalized spacial score (nSPS) is 13.9. The van der Waals surface area contributed by atoms with Crippen LogP contribution in [0.2, 0.25) is 0 Å². The molecule has 1 heterocycles. The zero-order valence-electron chi connectivity index (χ0n) is 12.7. The number of anilines is 1. The first-order valence-electron chi connectivity index (χ1n) is 7.18. The van der Waals surface area contributed by atoms with Crippen molar-refractivity contribution in [2.24, 2.45) is 5.92 Å². The molecule has 4 N–H and O–H groups in total. The van der Waals surface area contributed by atoms with E-state index in [1.165, 1.54) is 6.20 Å². The van der Waals surface area contributed by atoms with E-state index in [1.807, 2.05) is 6.92 Å². The molecule has 0 radical (unpaired) electrons. The highest BCUT2D eigenvalue weighted by atomic mass is 32.2. The van der Waals surface area contributed by atoms with Gasteiger partial charge in [-0.3, -0.25) is 0 Å². The van der Waals surface area contributed by atoms with Crippen LogP contribution in [0.4, 0.5) is 5.69 Å². The fraction of sp³-hybridized carbons (Fsp3) is 0.467. The number of nitrogens with two attached hydrogens (primary N) is 1. The number of aromatic nitrogens is 1. The Labute approximate surface area is 126 Å². The predicted molar refractivity (Wildman–Crippen MR) is 86.6 cm³/mol. The van der Waals surface area contributed by atoms with Crippen LogP contribution in [0.3, 0.4) is 0 Å². The molecule has 1 atom stereocenters. The summed E-state index contributed by atoms with van der Waals surface area (Å²) in [4.78, 5) is 3.22. The Balaban J connectivity index is 2.23. The number of hydrogen-bond donors (Lipinski definition) is 3. The molecule has 0 fully saturated rings. The van der Waals surface area contributed by atoms with Crippen LogP contribution in [0.25, 0.3) is 10.9 Å². The minimum Gasteiger partial charge on any atom is -0.399 e. The average molecular weight is 309 g/mol. The molecular formula is C15H23N3O2S. The van der Waals surface area contributed by atoms with Gasteiger partial charge in [-0.1, -0.05) is 13.8 Å². The van der Waals surface area contributed by atoms with Gasteiger partial charge in [-0.2, -0.15) is 0 Å². The van der Waals surface area contributed by atoms with Crippen molar-refractivity contribution >= 4 is 26.6 Å². The summed E-state index contributed by atoms with van der Waals surface area (Å²) in [6.07, 6.45) is 3.33. The van der Waals surface area contributed by atoms with E-state index in [-0.39, 0.29) is 10.9 Å². The Morgan fingerprint density at radius 1 is 1.24 bits per heavy atom. The van der Waals surface area contributed by atoms with Crippen LogP contribution in [0.5, 0.6) is 0 Å². The minimum absolute atomic E-state index is 0.0941. The monoisotopic (exact) mass is 309 g/mol. The van der Waals surface area contributed by atoms with E-state index < -0.39 is 10.0 Å². The van der Waals surface area contributed by atoms with E-state index in [0.29, 0.717) is 17.0 Å². The molecule has 1 aromatic carbocycles. The third-order valence-corrected chi connectivity index (χ3v) is 5.12. The van der Waals surface area contributed by atoms with Gasteiger partial charge in [0.15, 0.2) is 0 Å². The second kappa shape index (κ2) is 6.07. The van der Waals surface area contributed by atoms with E-state index in [1.54, 1.807) is 18.2 Å². The van der Waals surface area contributed by atoms with Crippen molar-refractivity contribution in [1.29, 1.82) is 0 Å². The molecule has 1 unspecified atom stereocenters. The van der Waals surface area contributed by atoms with Gasteiger partial charge in [-0.15, -0.1) is 0 Å². The maximum atomic E-state index is 12.5. The SMILES string of the molecule is CC(C)CCC(C)NS(=O)(=O)c1c[nH]c2ccc(N)cc12. The van der Waals surface area contributed by atoms with Crippen molar-refractivity contribution in [1.82, 2.24) is 9.71 Å². The lowest BCUT2D eigenvalue weighted by atomic mass is 10.1. The van der Waals surface area contributed by atoms with Crippen molar-refractivity contribution < 1.29 is 8.42 Å². The van der Waals surface area contributed by atoms with Crippen LogP contribution in [-0.2, 0) is 10.0 Å². The predicted octanol–water partition coefficient (Wildman–Crippen LogP) is 2.85. The largest absolute Gasteiger partial charge is 0.399 e. The van der Waals surface area contributed by atoms with E-state index >= 15 is 0 Å². The molecule has 0 saturated heterocycles. The van der Waals surface area contributed by atoms with Crippen LogP contribution in [-0.4, -0.2) is 19.4 Å². The van der Waals surface area contributed by atoms with E-state index in [0.717, 1.165) is 18.4 Å². The quantitative estimate of drug-likeness (QED) is 0.717.